The summed E-state index contributed by atoms with van der Waals surface area (Å²) in [6.45, 7) is 3.88. The number of hydrogen-bond donors (Lipinski definition) is 1. The van der Waals surface area contributed by atoms with Crippen LogP contribution in [0.4, 0.5) is 0 Å². The molecule has 32 heavy (non-hydrogen) atoms. The number of nitrogens with one attached hydrogen (secondary N) is 1. The minimum atomic E-state index is -0.607. The monoisotopic (exact) mass is 473 g/mol. The Kier molecular flexibility index (Phi) is 20.8. The van der Waals surface area contributed by atoms with Gasteiger partial charge in [-0.25, -0.2) is 4.79 Å². The summed E-state index contributed by atoms with van der Waals surface area (Å²) in [4.78, 5) is 34.8. The first-order valence-electron chi connectivity index (χ1n) is 12.5. The molecular formula is C25H47NO5S. The van der Waals surface area contributed by atoms with Crippen LogP contribution in [0.25, 0.3) is 0 Å². The molecule has 0 radical (unpaired) electrons. The second-order valence-corrected chi connectivity index (χ2v) is 9.83. The lowest BCUT2D eigenvalue weighted by Crippen LogP contribution is -2.40. The molecule has 2 atom stereocenters. The zero-order valence-corrected chi connectivity index (χ0v) is 21.7. The van der Waals surface area contributed by atoms with Crippen molar-refractivity contribution in [3.63, 3.8) is 0 Å². The Hall–Kier alpha value is -1.24. The van der Waals surface area contributed by atoms with E-state index in [0.717, 1.165) is 32.1 Å². The molecule has 0 fully saturated rings. The van der Waals surface area contributed by atoms with Gasteiger partial charge in [-0.15, -0.1) is 11.8 Å². The smallest absolute Gasteiger partial charge is 0.328 e. The molecule has 0 saturated heterocycles. The normalized spacial score (nSPS) is 12.8. The van der Waals surface area contributed by atoms with Gasteiger partial charge in [-0.1, -0.05) is 77.6 Å². The van der Waals surface area contributed by atoms with Crippen LogP contribution in [0.2, 0.25) is 0 Å². The minimum absolute atomic E-state index is 0.105. The summed E-state index contributed by atoms with van der Waals surface area (Å²) in [5, 5.41) is 3.20. The third kappa shape index (κ3) is 18.3. The van der Waals surface area contributed by atoms with Gasteiger partial charge in [0.2, 0.25) is 5.91 Å². The van der Waals surface area contributed by atoms with Gasteiger partial charge in [0, 0.05) is 11.7 Å². The number of carbonyl (C=O) groups is 3. The Morgan fingerprint density at radius 1 is 0.781 bits per heavy atom. The molecule has 0 saturated carbocycles. The molecule has 0 rings (SSSR count). The van der Waals surface area contributed by atoms with E-state index in [2.05, 4.69) is 21.7 Å². The summed E-state index contributed by atoms with van der Waals surface area (Å²) in [6.07, 6.45) is 17.2. The highest BCUT2D eigenvalue weighted by Gasteiger charge is 2.17. The van der Waals surface area contributed by atoms with Crippen LogP contribution in [-0.2, 0) is 23.9 Å². The molecule has 6 nitrogen and oxygen atoms in total. The highest BCUT2D eigenvalue weighted by atomic mass is 32.2. The fourth-order valence-corrected chi connectivity index (χ4v) is 4.76. The molecule has 0 bridgehead atoms. The molecule has 1 unspecified atom stereocenters. The molecule has 0 aliphatic rings. The second kappa shape index (κ2) is 21.6. The van der Waals surface area contributed by atoms with Crippen molar-refractivity contribution in [3.8, 4) is 0 Å². The Morgan fingerprint density at radius 2 is 1.31 bits per heavy atom. The van der Waals surface area contributed by atoms with Crippen molar-refractivity contribution in [1.82, 2.24) is 5.32 Å². The van der Waals surface area contributed by atoms with Gasteiger partial charge in [0.1, 0.15) is 6.04 Å². The fraction of sp³-hybridized carbons (Fsp3) is 0.880. The van der Waals surface area contributed by atoms with Crippen molar-refractivity contribution in [2.24, 2.45) is 0 Å². The zero-order chi connectivity index (χ0) is 24.0. The zero-order valence-electron chi connectivity index (χ0n) is 20.9. The summed E-state index contributed by atoms with van der Waals surface area (Å²) < 4.78 is 9.33. The SMILES string of the molecule is CCCCCCCCC(CCCCCCCCC(=O)OC)SCC(=O)N[C@@H](C)C(=O)OC. The molecule has 0 aliphatic carbocycles. The lowest BCUT2D eigenvalue weighted by atomic mass is 10.0. The predicted octanol–water partition coefficient (Wildman–Crippen LogP) is 5.81. The van der Waals surface area contributed by atoms with Crippen molar-refractivity contribution >= 4 is 29.6 Å². The van der Waals surface area contributed by atoms with E-state index in [1.807, 2.05) is 0 Å². The molecule has 1 amide bonds. The predicted molar refractivity (Wildman–Crippen MR) is 133 cm³/mol. The minimum Gasteiger partial charge on any atom is -0.469 e. The van der Waals surface area contributed by atoms with Crippen LogP contribution in [0.1, 0.15) is 110 Å². The van der Waals surface area contributed by atoms with Crippen LogP contribution in [0.5, 0.6) is 0 Å². The van der Waals surface area contributed by atoms with Crippen LogP contribution in [0.3, 0.4) is 0 Å². The Bertz CT molecular complexity index is 501. The van der Waals surface area contributed by atoms with Crippen molar-refractivity contribution < 1.29 is 23.9 Å². The number of methoxy groups -OCH3 is 2. The second-order valence-electron chi connectivity index (χ2n) is 8.54. The van der Waals surface area contributed by atoms with Crippen LogP contribution < -0.4 is 5.32 Å². The standard InChI is InChI=1S/C25H47NO5S/c1-5-6-7-8-11-14-17-22(32-20-23(27)26-21(2)25(29)31-4)18-15-12-9-10-13-16-19-24(28)30-3/h21-22H,5-20H2,1-4H3,(H,26,27)/t21-,22?/m0/s1. The molecule has 7 heteroatoms. The Labute approximate surface area is 200 Å². The average Bonchev–Trinajstić information content (AvgIpc) is 2.79. The quantitative estimate of drug-likeness (QED) is 0.167. The van der Waals surface area contributed by atoms with Gasteiger partial charge in [-0.3, -0.25) is 9.59 Å². The highest BCUT2D eigenvalue weighted by Crippen LogP contribution is 2.24. The van der Waals surface area contributed by atoms with Gasteiger partial charge in [-0.05, 0) is 26.2 Å². The summed E-state index contributed by atoms with van der Waals surface area (Å²) in [5.74, 6) is -0.260. The average molecular weight is 474 g/mol. The maximum absolute atomic E-state index is 12.2. The number of ether oxygens (including phenoxy) is 2. The molecular weight excluding hydrogens is 426 g/mol. The van der Waals surface area contributed by atoms with Crippen molar-refractivity contribution in [2.45, 2.75) is 121 Å². The van der Waals surface area contributed by atoms with E-state index >= 15 is 0 Å². The van der Waals surface area contributed by atoms with Gasteiger partial charge in [-0.2, -0.15) is 0 Å². The first kappa shape index (κ1) is 30.8. The molecule has 0 aromatic rings. The van der Waals surface area contributed by atoms with E-state index in [0.29, 0.717) is 17.4 Å². The topological polar surface area (TPSA) is 81.7 Å². The number of carbonyl (C=O) groups excluding carboxylic acids is 3. The van der Waals surface area contributed by atoms with Gasteiger partial charge >= 0.3 is 11.9 Å². The van der Waals surface area contributed by atoms with Crippen molar-refractivity contribution in [2.75, 3.05) is 20.0 Å². The van der Waals surface area contributed by atoms with Crippen LogP contribution in [0, 0.1) is 0 Å². The fourth-order valence-electron chi connectivity index (χ4n) is 3.63. The lowest BCUT2D eigenvalue weighted by Gasteiger charge is -2.17. The van der Waals surface area contributed by atoms with Crippen molar-refractivity contribution in [1.29, 1.82) is 0 Å². The molecule has 0 aromatic carbocycles. The van der Waals surface area contributed by atoms with Gasteiger partial charge < -0.3 is 14.8 Å². The number of esters is 2. The number of rotatable bonds is 21. The number of unbranched alkanes of at least 4 members (excludes halogenated alkanes) is 10. The summed E-state index contributed by atoms with van der Waals surface area (Å²) in [6, 6.07) is -0.607. The molecule has 0 heterocycles. The van der Waals surface area contributed by atoms with Gasteiger partial charge in [0.05, 0.1) is 20.0 Å². The Balaban J connectivity index is 4.18. The molecule has 188 valence electrons. The molecule has 0 aromatic heterocycles. The van der Waals surface area contributed by atoms with Crippen LogP contribution in [0.15, 0.2) is 0 Å². The number of hydrogen-bond acceptors (Lipinski definition) is 6. The van der Waals surface area contributed by atoms with E-state index in [1.165, 1.54) is 72.0 Å². The summed E-state index contributed by atoms with van der Waals surface area (Å²) >= 11 is 1.72. The molecule has 0 spiro atoms. The van der Waals surface area contributed by atoms with Gasteiger partial charge in [0.25, 0.3) is 0 Å². The third-order valence-electron chi connectivity index (χ3n) is 5.65. The van der Waals surface area contributed by atoms with E-state index in [-0.39, 0.29) is 11.9 Å². The molecule has 0 aliphatic heterocycles. The van der Waals surface area contributed by atoms with E-state index in [1.54, 1.807) is 18.7 Å². The van der Waals surface area contributed by atoms with Gasteiger partial charge in [0.15, 0.2) is 0 Å². The maximum Gasteiger partial charge on any atom is 0.328 e. The maximum atomic E-state index is 12.2. The first-order chi connectivity index (χ1) is 15.4. The van der Waals surface area contributed by atoms with E-state index in [9.17, 15) is 14.4 Å². The lowest BCUT2D eigenvalue weighted by molar-refractivity contribution is -0.144. The van der Waals surface area contributed by atoms with Crippen LogP contribution >= 0.6 is 11.8 Å². The van der Waals surface area contributed by atoms with Crippen molar-refractivity contribution in [3.05, 3.63) is 0 Å². The Morgan fingerprint density at radius 3 is 1.84 bits per heavy atom. The number of amides is 1. The molecule has 1 N–H and O–H groups in total. The number of thioether (sulfide) groups is 1. The summed E-state index contributed by atoms with van der Waals surface area (Å²) in [7, 11) is 2.76. The third-order valence-corrected chi connectivity index (χ3v) is 7.02. The highest BCUT2D eigenvalue weighted by molar-refractivity contribution is 8.00. The van der Waals surface area contributed by atoms with Crippen LogP contribution in [-0.4, -0.2) is 49.1 Å². The first-order valence-corrected chi connectivity index (χ1v) is 13.5. The summed E-state index contributed by atoms with van der Waals surface area (Å²) in [5.41, 5.74) is 0. The van der Waals surface area contributed by atoms with E-state index in [4.69, 9.17) is 0 Å². The largest absolute Gasteiger partial charge is 0.469 e. The van der Waals surface area contributed by atoms with E-state index < -0.39 is 12.0 Å².